The lowest BCUT2D eigenvalue weighted by molar-refractivity contribution is -0.116. The Morgan fingerprint density at radius 3 is 2.95 bits per heavy atom. The number of carbonyl (C=O) groups is 1. The molecule has 0 saturated heterocycles. The summed E-state index contributed by atoms with van der Waals surface area (Å²) in [5, 5.41) is 11.8. The number of para-hydroxylation sites is 1. The van der Waals surface area contributed by atoms with E-state index in [1.807, 2.05) is 6.07 Å². The zero-order valence-electron chi connectivity index (χ0n) is 12.0. The van der Waals surface area contributed by atoms with Crippen molar-refractivity contribution in [3.63, 3.8) is 0 Å². The van der Waals surface area contributed by atoms with Gasteiger partial charge in [0.25, 0.3) is 0 Å². The highest BCUT2D eigenvalue weighted by Gasteiger charge is 2.16. The van der Waals surface area contributed by atoms with E-state index in [4.69, 9.17) is 5.26 Å². The first kappa shape index (κ1) is 15.7. The van der Waals surface area contributed by atoms with Gasteiger partial charge in [0, 0.05) is 30.5 Å². The maximum absolute atomic E-state index is 12.0. The number of rotatable bonds is 4. The summed E-state index contributed by atoms with van der Waals surface area (Å²) in [5.41, 5.74) is 2.46. The molecule has 0 saturated carbocycles. The Kier molecular flexibility index (Phi) is 5.54. The summed E-state index contributed by atoms with van der Waals surface area (Å²) in [4.78, 5) is 14.3. The van der Waals surface area contributed by atoms with Crippen molar-refractivity contribution in [3.05, 3.63) is 39.9 Å². The van der Waals surface area contributed by atoms with Gasteiger partial charge in [-0.1, -0.05) is 33.6 Å². The van der Waals surface area contributed by atoms with Crippen LogP contribution in [0.5, 0.6) is 0 Å². The Labute approximate surface area is 133 Å². The molecule has 0 unspecified atom stereocenters. The summed E-state index contributed by atoms with van der Waals surface area (Å²) in [5.74, 6) is -0.0555. The lowest BCUT2D eigenvalue weighted by Crippen LogP contribution is -2.33. The van der Waals surface area contributed by atoms with E-state index in [9.17, 15) is 4.79 Å². The second kappa shape index (κ2) is 7.39. The van der Waals surface area contributed by atoms with Crippen LogP contribution in [0.2, 0.25) is 0 Å². The molecule has 0 bridgehead atoms. The standard InChI is InChI=1S/C16H18BrN3O/c1-12-6-8-20(11-14(12)17)9-7-16(21)19-15-5-3-2-4-13(15)10-18/h2-5H,6-9,11H2,1H3,(H,19,21). The molecule has 1 N–H and O–H groups in total. The van der Waals surface area contributed by atoms with Gasteiger partial charge in [-0.3, -0.25) is 9.69 Å². The van der Waals surface area contributed by atoms with E-state index in [0.29, 0.717) is 17.7 Å². The predicted octanol–water partition coefficient (Wildman–Crippen LogP) is 3.26. The van der Waals surface area contributed by atoms with E-state index >= 15 is 0 Å². The van der Waals surface area contributed by atoms with Crippen LogP contribution < -0.4 is 5.32 Å². The molecule has 1 aromatic carbocycles. The number of hydrogen-bond donors (Lipinski definition) is 1. The van der Waals surface area contributed by atoms with Crippen LogP contribution in [0.4, 0.5) is 5.69 Å². The Morgan fingerprint density at radius 1 is 1.48 bits per heavy atom. The molecule has 0 atom stereocenters. The molecule has 1 aliphatic heterocycles. The molecule has 0 aromatic heterocycles. The fraction of sp³-hybridized carbons (Fsp3) is 0.375. The lowest BCUT2D eigenvalue weighted by Gasteiger charge is -2.27. The van der Waals surface area contributed by atoms with E-state index in [2.05, 4.69) is 39.1 Å². The van der Waals surface area contributed by atoms with Crippen LogP contribution in [0.3, 0.4) is 0 Å². The average Bonchev–Trinajstić information content (AvgIpc) is 2.49. The first-order chi connectivity index (χ1) is 10.1. The van der Waals surface area contributed by atoms with Crippen molar-refractivity contribution in [2.75, 3.05) is 25.0 Å². The second-order valence-electron chi connectivity index (χ2n) is 5.17. The number of benzene rings is 1. The Balaban J connectivity index is 1.85. The number of anilines is 1. The lowest BCUT2D eigenvalue weighted by atomic mass is 10.1. The molecule has 0 spiro atoms. The van der Waals surface area contributed by atoms with Crippen LogP contribution in [0, 0.1) is 11.3 Å². The summed E-state index contributed by atoms with van der Waals surface area (Å²) in [6.45, 7) is 4.72. The summed E-state index contributed by atoms with van der Waals surface area (Å²) < 4.78 is 1.23. The third kappa shape index (κ3) is 4.42. The number of nitrogens with zero attached hydrogens (tertiary/aromatic N) is 2. The fourth-order valence-electron chi connectivity index (χ4n) is 2.22. The van der Waals surface area contributed by atoms with Gasteiger partial charge in [0.1, 0.15) is 6.07 Å². The number of nitrogens with one attached hydrogen (secondary N) is 1. The number of nitriles is 1. The smallest absolute Gasteiger partial charge is 0.225 e. The SMILES string of the molecule is CC1=C(Br)CN(CCC(=O)Nc2ccccc2C#N)CC1. The quantitative estimate of drug-likeness (QED) is 0.909. The molecule has 1 aromatic rings. The first-order valence-electron chi connectivity index (χ1n) is 6.95. The second-order valence-corrected chi connectivity index (χ2v) is 6.12. The topological polar surface area (TPSA) is 56.1 Å². The molecular formula is C16H18BrN3O. The van der Waals surface area contributed by atoms with E-state index in [-0.39, 0.29) is 5.91 Å². The molecule has 0 fully saturated rings. The monoisotopic (exact) mass is 347 g/mol. The van der Waals surface area contributed by atoms with E-state index in [1.165, 1.54) is 10.1 Å². The summed E-state index contributed by atoms with van der Waals surface area (Å²) in [6, 6.07) is 9.13. The fourth-order valence-corrected chi connectivity index (χ4v) is 2.78. The predicted molar refractivity (Wildman–Crippen MR) is 87.1 cm³/mol. The van der Waals surface area contributed by atoms with Gasteiger partial charge in [0.2, 0.25) is 5.91 Å². The van der Waals surface area contributed by atoms with Crippen molar-refractivity contribution in [1.82, 2.24) is 4.90 Å². The molecule has 2 rings (SSSR count). The molecule has 1 amide bonds. The highest BCUT2D eigenvalue weighted by Crippen LogP contribution is 2.22. The van der Waals surface area contributed by atoms with Gasteiger partial charge in [-0.05, 0) is 25.5 Å². The van der Waals surface area contributed by atoms with Crippen LogP contribution >= 0.6 is 15.9 Å². The van der Waals surface area contributed by atoms with Crippen LogP contribution in [-0.2, 0) is 4.79 Å². The van der Waals surface area contributed by atoms with Crippen molar-refractivity contribution >= 4 is 27.5 Å². The van der Waals surface area contributed by atoms with Crippen molar-refractivity contribution < 1.29 is 4.79 Å². The third-order valence-corrected chi connectivity index (χ3v) is 4.53. The normalized spacial score (nSPS) is 15.7. The summed E-state index contributed by atoms with van der Waals surface area (Å²) in [6.07, 6.45) is 1.47. The van der Waals surface area contributed by atoms with E-state index in [1.54, 1.807) is 18.2 Å². The van der Waals surface area contributed by atoms with Gasteiger partial charge >= 0.3 is 0 Å². The Bertz CT molecular complexity index is 604. The zero-order valence-corrected chi connectivity index (χ0v) is 13.6. The summed E-state index contributed by atoms with van der Waals surface area (Å²) in [7, 11) is 0. The van der Waals surface area contributed by atoms with Crippen molar-refractivity contribution in [2.24, 2.45) is 0 Å². The van der Waals surface area contributed by atoms with Gasteiger partial charge in [-0.25, -0.2) is 0 Å². The van der Waals surface area contributed by atoms with Crippen molar-refractivity contribution in [1.29, 1.82) is 5.26 Å². The average molecular weight is 348 g/mol. The van der Waals surface area contributed by atoms with Crippen LogP contribution in [0.15, 0.2) is 34.3 Å². The molecule has 110 valence electrons. The van der Waals surface area contributed by atoms with Crippen molar-refractivity contribution in [2.45, 2.75) is 19.8 Å². The van der Waals surface area contributed by atoms with Crippen LogP contribution in [-0.4, -0.2) is 30.4 Å². The molecule has 0 aliphatic carbocycles. The minimum atomic E-state index is -0.0555. The van der Waals surface area contributed by atoms with Gasteiger partial charge in [-0.15, -0.1) is 0 Å². The summed E-state index contributed by atoms with van der Waals surface area (Å²) >= 11 is 3.58. The minimum absolute atomic E-state index is 0.0555. The van der Waals surface area contributed by atoms with Gasteiger partial charge in [-0.2, -0.15) is 5.26 Å². The Morgan fingerprint density at radius 2 is 2.24 bits per heavy atom. The molecule has 1 heterocycles. The maximum atomic E-state index is 12.0. The number of hydrogen-bond acceptors (Lipinski definition) is 3. The number of carbonyl (C=O) groups excluding carboxylic acids is 1. The zero-order chi connectivity index (χ0) is 15.2. The Hall–Kier alpha value is -1.64. The maximum Gasteiger partial charge on any atom is 0.225 e. The van der Waals surface area contributed by atoms with Crippen LogP contribution in [0.1, 0.15) is 25.3 Å². The highest BCUT2D eigenvalue weighted by atomic mass is 79.9. The number of halogens is 1. The molecular weight excluding hydrogens is 330 g/mol. The van der Waals surface area contributed by atoms with E-state index in [0.717, 1.165) is 26.1 Å². The largest absolute Gasteiger partial charge is 0.325 e. The molecule has 5 heteroatoms. The van der Waals surface area contributed by atoms with E-state index < -0.39 is 0 Å². The van der Waals surface area contributed by atoms with Gasteiger partial charge in [0.15, 0.2) is 0 Å². The van der Waals surface area contributed by atoms with Gasteiger partial charge < -0.3 is 5.32 Å². The third-order valence-electron chi connectivity index (χ3n) is 3.61. The van der Waals surface area contributed by atoms with Crippen molar-refractivity contribution in [3.8, 4) is 6.07 Å². The molecule has 21 heavy (non-hydrogen) atoms. The highest BCUT2D eigenvalue weighted by molar-refractivity contribution is 9.11. The first-order valence-corrected chi connectivity index (χ1v) is 7.75. The minimum Gasteiger partial charge on any atom is -0.325 e. The molecule has 0 radical (unpaired) electrons. The molecule has 1 aliphatic rings. The van der Waals surface area contributed by atoms with Gasteiger partial charge in [0.05, 0.1) is 11.3 Å². The number of amides is 1. The van der Waals surface area contributed by atoms with Crippen LogP contribution in [0.25, 0.3) is 0 Å². The molecule has 4 nitrogen and oxygen atoms in total.